The smallest absolute Gasteiger partial charge is 0.295 e. The molecule has 1 amide bonds. The van der Waals surface area contributed by atoms with Gasteiger partial charge >= 0.3 is 0 Å². The highest BCUT2D eigenvalue weighted by molar-refractivity contribution is 6.46. The number of ketones is 1. The van der Waals surface area contributed by atoms with Gasteiger partial charge in [0.25, 0.3) is 11.7 Å². The minimum absolute atomic E-state index is 0.0677. The monoisotopic (exact) mass is 420 g/mol. The SMILES string of the molecule is O=C1C(=O)N(CCc2ccc(F)cc2)C(c2ccncc2)/C1=C(/O)c1ccc(F)cc1. The molecule has 1 aliphatic rings. The summed E-state index contributed by atoms with van der Waals surface area (Å²) in [5.41, 5.74) is 1.58. The zero-order chi connectivity index (χ0) is 22.0. The van der Waals surface area contributed by atoms with Crippen LogP contribution in [0.5, 0.6) is 0 Å². The number of nitrogens with zero attached hydrogens (tertiary/aromatic N) is 2. The number of aliphatic hydroxyl groups is 1. The van der Waals surface area contributed by atoms with Crippen molar-refractivity contribution in [1.29, 1.82) is 0 Å². The number of pyridine rings is 1. The van der Waals surface area contributed by atoms with Crippen LogP contribution in [0, 0.1) is 11.6 Å². The summed E-state index contributed by atoms with van der Waals surface area (Å²) in [6.07, 6.45) is 3.46. The number of hydrogen-bond acceptors (Lipinski definition) is 4. The van der Waals surface area contributed by atoms with Crippen LogP contribution in [0.25, 0.3) is 5.76 Å². The van der Waals surface area contributed by atoms with Gasteiger partial charge in [-0.2, -0.15) is 0 Å². The Morgan fingerprint density at radius 3 is 2.10 bits per heavy atom. The van der Waals surface area contributed by atoms with Crippen LogP contribution in [-0.2, 0) is 16.0 Å². The molecule has 4 rings (SSSR count). The fraction of sp³-hybridized carbons (Fsp3) is 0.125. The van der Waals surface area contributed by atoms with Crippen LogP contribution in [-0.4, -0.2) is 33.2 Å². The second-order valence-corrected chi connectivity index (χ2v) is 7.16. The molecule has 1 fully saturated rings. The van der Waals surface area contributed by atoms with Crippen molar-refractivity contribution in [2.45, 2.75) is 12.5 Å². The Hall–Kier alpha value is -3.87. The molecule has 1 atom stereocenters. The van der Waals surface area contributed by atoms with Gasteiger partial charge in [-0.1, -0.05) is 12.1 Å². The van der Waals surface area contributed by atoms with Gasteiger partial charge in [0.15, 0.2) is 0 Å². The number of aromatic nitrogens is 1. The second kappa shape index (κ2) is 8.47. The third-order valence-corrected chi connectivity index (χ3v) is 5.23. The van der Waals surface area contributed by atoms with Crippen LogP contribution in [0.4, 0.5) is 8.78 Å². The zero-order valence-electron chi connectivity index (χ0n) is 16.3. The van der Waals surface area contributed by atoms with E-state index in [1.807, 2.05) is 0 Å². The first-order valence-corrected chi connectivity index (χ1v) is 9.64. The zero-order valence-corrected chi connectivity index (χ0v) is 16.3. The summed E-state index contributed by atoms with van der Waals surface area (Å²) in [6.45, 7) is 0.184. The third-order valence-electron chi connectivity index (χ3n) is 5.23. The van der Waals surface area contributed by atoms with Gasteiger partial charge in [-0.15, -0.1) is 0 Å². The van der Waals surface area contributed by atoms with E-state index in [9.17, 15) is 23.5 Å². The summed E-state index contributed by atoms with van der Waals surface area (Å²) in [7, 11) is 0. The lowest BCUT2D eigenvalue weighted by Crippen LogP contribution is -2.31. The highest BCUT2D eigenvalue weighted by atomic mass is 19.1. The molecule has 2 heterocycles. The van der Waals surface area contributed by atoms with E-state index in [-0.39, 0.29) is 29.3 Å². The molecule has 156 valence electrons. The third kappa shape index (κ3) is 4.07. The van der Waals surface area contributed by atoms with Crippen molar-refractivity contribution in [2.24, 2.45) is 0 Å². The van der Waals surface area contributed by atoms with Gasteiger partial charge in [-0.05, 0) is 66.1 Å². The first kappa shape index (κ1) is 20.4. The van der Waals surface area contributed by atoms with Crippen LogP contribution in [0.2, 0.25) is 0 Å². The van der Waals surface area contributed by atoms with Gasteiger partial charge in [0.05, 0.1) is 11.6 Å². The molecule has 1 aliphatic heterocycles. The number of hydrogen-bond donors (Lipinski definition) is 1. The molecular weight excluding hydrogens is 402 g/mol. The number of amides is 1. The number of carbonyl (C=O) groups excluding carboxylic acids is 2. The molecule has 2 aromatic carbocycles. The van der Waals surface area contributed by atoms with Gasteiger partial charge in [-0.25, -0.2) is 8.78 Å². The van der Waals surface area contributed by atoms with Crippen molar-refractivity contribution in [2.75, 3.05) is 6.54 Å². The Balaban J connectivity index is 1.74. The van der Waals surface area contributed by atoms with Gasteiger partial charge in [0.1, 0.15) is 17.4 Å². The lowest BCUT2D eigenvalue weighted by Gasteiger charge is -2.25. The first-order valence-electron chi connectivity index (χ1n) is 9.64. The molecule has 7 heteroatoms. The second-order valence-electron chi connectivity index (χ2n) is 7.16. The summed E-state index contributed by atoms with van der Waals surface area (Å²) in [4.78, 5) is 31.1. The van der Waals surface area contributed by atoms with Crippen molar-refractivity contribution in [1.82, 2.24) is 9.88 Å². The Labute approximate surface area is 177 Å². The molecule has 1 N–H and O–H groups in total. The maximum absolute atomic E-state index is 13.3. The molecule has 0 aliphatic carbocycles. The van der Waals surface area contributed by atoms with Crippen molar-refractivity contribution in [3.8, 4) is 0 Å². The van der Waals surface area contributed by atoms with Crippen molar-refractivity contribution in [3.05, 3.63) is 107 Å². The fourth-order valence-electron chi connectivity index (χ4n) is 3.67. The van der Waals surface area contributed by atoms with E-state index in [2.05, 4.69) is 4.98 Å². The lowest BCUT2D eigenvalue weighted by molar-refractivity contribution is -0.139. The van der Waals surface area contributed by atoms with Crippen molar-refractivity contribution in [3.63, 3.8) is 0 Å². The number of benzene rings is 2. The standard InChI is InChI=1S/C24H18F2N2O3/c25-18-5-1-15(2-6-18)11-14-28-21(16-9-12-27-13-10-16)20(23(30)24(28)31)22(29)17-3-7-19(26)8-4-17/h1-10,12-13,21,29H,11,14H2/b22-20-. The van der Waals surface area contributed by atoms with Crippen LogP contribution in [0.1, 0.15) is 22.7 Å². The van der Waals surface area contributed by atoms with E-state index < -0.39 is 23.5 Å². The molecule has 0 saturated carbocycles. The van der Waals surface area contributed by atoms with E-state index >= 15 is 0 Å². The number of likely N-dealkylation sites (tertiary alicyclic amines) is 1. The molecule has 1 unspecified atom stereocenters. The van der Waals surface area contributed by atoms with E-state index in [1.165, 1.54) is 53.7 Å². The Bertz CT molecular complexity index is 1140. The lowest BCUT2D eigenvalue weighted by atomic mass is 9.96. The molecule has 0 radical (unpaired) electrons. The Morgan fingerprint density at radius 2 is 1.48 bits per heavy atom. The summed E-state index contributed by atoms with van der Waals surface area (Å²) >= 11 is 0. The maximum atomic E-state index is 13.3. The predicted octanol–water partition coefficient (Wildman–Crippen LogP) is 4.02. The molecule has 0 bridgehead atoms. The minimum Gasteiger partial charge on any atom is -0.507 e. The molecule has 1 saturated heterocycles. The normalized spacial score (nSPS) is 17.9. The molecule has 0 spiro atoms. The van der Waals surface area contributed by atoms with Crippen LogP contribution in [0.15, 0.2) is 78.6 Å². The summed E-state index contributed by atoms with van der Waals surface area (Å²) < 4.78 is 26.5. The largest absolute Gasteiger partial charge is 0.507 e. The highest BCUT2D eigenvalue weighted by Crippen LogP contribution is 2.39. The Morgan fingerprint density at radius 1 is 0.903 bits per heavy atom. The van der Waals surface area contributed by atoms with Crippen molar-refractivity contribution >= 4 is 17.4 Å². The van der Waals surface area contributed by atoms with Crippen LogP contribution >= 0.6 is 0 Å². The maximum Gasteiger partial charge on any atom is 0.295 e. The summed E-state index contributed by atoms with van der Waals surface area (Å²) in [6, 6.07) is 13.4. The predicted molar refractivity (Wildman–Crippen MR) is 110 cm³/mol. The van der Waals surface area contributed by atoms with Gasteiger partial charge in [-0.3, -0.25) is 14.6 Å². The summed E-state index contributed by atoms with van der Waals surface area (Å²) in [5, 5.41) is 10.9. The average Bonchev–Trinajstić information content (AvgIpc) is 3.04. The molecule has 1 aromatic heterocycles. The van der Waals surface area contributed by atoms with E-state index in [4.69, 9.17) is 0 Å². The number of aliphatic hydroxyl groups excluding tert-OH is 1. The number of halogens is 2. The van der Waals surface area contributed by atoms with Crippen LogP contribution in [0.3, 0.4) is 0 Å². The molecule has 31 heavy (non-hydrogen) atoms. The number of Topliss-reactive ketones (excluding diaryl/α,β-unsaturated/α-hetero) is 1. The first-order chi connectivity index (χ1) is 15.0. The van der Waals surface area contributed by atoms with E-state index in [1.54, 1.807) is 24.3 Å². The van der Waals surface area contributed by atoms with Gasteiger partial charge < -0.3 is 10.0 Å². The van der Waals surface area contributed by atoms with Crippen molar-refractivity contribution < 1.29 is 23.5 Å². The summed E-state index contributed by atoms with van der Waals surface area (Å²) in [5.74, 6) is -2.78. The Kier molecular flexibility index (Phi) is 5.58. The van der Waals surface area contributed by atoms with E-state index in [0.717, 1.165) is 5.56 Å². The van der Waals surface area contributed by atoms with Crippen LogP contribution < -0.4 is 0 Å². The van der Waals surface area contributed by atoms with Gasteiger partial charge in [0, 0.05) is 24.5 Å². The topological polar surface area (TPSA) is 70.5 Å². The molecule has 3 aromatic rings. The fourth-order valence-corrected chi connectivity index (χ4v) is 3.67. The van der Waals surface area contributed by atoms with Gasteiger partial charge in [0.2, 0.25) is 0 Å². The quantitative estimate of drug-likeness (QED) is 0.385. The minimum atomic E-state index is -0.825. The molecule has 5 nitrogen and oxygen atoms in total. The number of rotatable bonds is 5. The average molecular weight is 420 g/mol. The molecular formula is C24H18F2N2O3. The number of carbonyl (C=O) groups is 2. The van der Waals surface area contributed by atoms with E-state index in [0.29, 0.717) is 12.0 Å². The highest BCUT2D eigenvalue weighted by Gasteiger charge is 2.45.